The molecule has 1 fully saturated rings. The number of hydrogen-bond donors (Lipinski definition) is 2. The highest BCUT2D eigenvalue weighted by atomic mass is 19.1. The zero-order valence-electron chi connectivity index (χ0n) is 9.49. The molecule has 2 N–H and O–H groups in total. The normalized spacial score (nSPS) is 26.2. The summed E-state index contributed by atoms with van der Waals surface area (Å²) in [5, 5.41) is 13.3. The molecule has 2 rings (SSSR count). The average Bonchev–Trinajstić information content (AvgIpc) is 2.22. The second-order valence-electron chi connectivity index (χ2n) is 4.49. The molecule has 0 radical (unpaired) electrons. The van der Waals surface area contributed by atoms with Crippen LogP contribution in [0.1, 0.15) is 37.9 Å². The van der Waals surface area contributed by atoms with Gasteiger partial charge in [-0.3, -0.25) is 0 Å². The first-order valence-electron chi connectivity index (χ1n) is 5.90. The van der Waals surface area contributed by atoms with Crippen molar-refractivity contribution < 1.29 is 9.50 Å². The highest BCUT2D eigenvalue weighted by molar-refractivity contribution is 5.21. The van der Waals surface area contributed by atoms with E-state index >= 15 is 0 Å². The Morgan fingerprint density at radius 1 is 1.56 bits per heavy atom. The summed E-state index contributed by atoms with van der Waals surface area (Å²) in [6.07, 6.45) is 2.68. The summed E-state index contributed by atoms with van der Waals surface area (Å²) in [6.45, 7) is 2.15. The highest BCUT2D eigenvalue weighted by Gasteiger charge is 2.33. The molecular formula is C13H18FNO. The Hall–Kier alpha value is -0.930. The van der Waals surface area contributed by atoms with Crippen molar-refractivity contribution in [3.05, 3.63) is 35.6 Å². The van der Waals surface area contributed by atoms with Gasteiger partial charge in [0.05, 0.1) is 6.10 Å². The van der Waals surface area contributed by atoms with Gasteiger partial charge in [0.2, 0.25) is 0 Å². The molecule has 0 bridgehead atoms. The Bertz CT molecular complexity index is 350. The van der Waals surface area contributed by atoms with E-state index in [2.05, 4.69) is 12.2 Å². The maximum atomic E-state index is 13.0. The minimum Gasteiger partial charge on any atom is -0.387 e. The number of nitrogens with one attached hydrogen (secondary N) is 1. The molecular weight excluding hydrogens is 205 g/mol. The van der Waals surface area contributed by atoms with Crippen LogP contribution in [0.5, 0.6) is 0 Å². The van der Waals surface area contributed by atoms with Crippen molar-refractivity contribution in [2.24, 2.45) is 0 Å². The van der Waals surface area contributed by atoms with Crippen LogP contribution in [0.3, 0.4) is 0 Å². The Morgan fingerprint density at radius 3 is 2.94 bits per heavy atom. The Morgan fingerprint density at radius 2 is 2.31 bits per heavy atom. The van der Waals surface area contributed by atoms with Crippen LogP contribution < -0.4 is 5.32 Å². The van der Waals surface area contributed by atoms with E-state index in [0.717, 1.165) is 19.3 Å². The highest BCUT2D eigenvalue weighted by Crippen LogP contribution is 2.28. The maximum absolute atomic E-state index is 13.0. The molecule has 0 amide bonds. The number of halogens is 1. The summed E-state index contributed by atoms with van der Waals surface area (Å²) in [5.41, 5.74) is 0.660. The monoisotopic (exact) mass is 223 g/mol. The quantitative estimate of drug-likeness (QED) is 0.821. The van der Waals surface area contributed by atoms with E-state index in [-0.39, 0.29) is 11.9 Å². The molecule has 3 heteroatoms. The van der Waals surface area contributed by atoms with E-state index in [9.17, 15) is 9.50 Å². The van der Waals surface area contributed by atoms with Crippen LogP contribution in [-0.4, -0.2) is 17.2 Å². The van der Waals surface area contributed by atoms with Gasteiger partial charge < -0.3 is 10.4 Å². The Kier molecular flexibility index (Phi) is 3.56. The standard InChI is InChI=1S/C13H18FNO/c1-2-4-11-8-12(15-11)13(16)9-5-3-6-10(14)7-9/h3,5-7,11-13,15-16H,2,4,8H2,1H3/t11-,12-,13-/m1/s1. The molecule has 1 aliphatic heterocycles. The van der Waals surface area contributed by atoms with Gasteiger partial charge in [-0.1, -0.05) is 25.5 Å². The van der Waals surface area contributed by atoms with Gasteiger partial charge in [-0.2, -0.15) is 0 Å². The van der Waals surface area contributed by atoms with Gasteiger partial charge in [0.1, 0.15) is 5.82 Å². The lowest BCUT2D eigenvalue weighted by atomic mass is 9.87. The molecule has 1 aromatic carbocycles. The molecule has 0 unspecified atom stereocenters. The number of benzene rings is 1. The van der Waals surface area contributed by atoms with Crippen molar-refractivity contribution in [3.8, 4) is 0 Å². The summed E-state index contributed by atoms with van der Waals surface area (Å²) >= 11 is 0. The molecule has 0 aliphatic carbocycles. The SMILES string of the molecule is CCC[C@@H]1C[C@H]([C@H](O)c2cccc(F)c2)N1. The van der Waals surface area contributed by atoms with Crippen LogP contribution in [-0.2, 0) is 0 Å². The van der Waals surface area contributed by atoms with Crippen LogP contribution in [0.25, 0.3) is 0 Å². The summed E-state index contributed by atoms with van der Waals surface area (Å²) < 4.78 is 13.0. The molecule has 2 nitrogen and oxygen atoms in total. The lowest BCUT2D eigenvalue weighted by Crippen LogP contribution is -2.55. The fraction of sp³-hybridized carbons (Fsp3) is 0.538. The molecule has 1 heterocycles. The lowest BCUT2D eigenvalue weighted by molar-refractivity contribution is 0.0673. The molecule has 0 spiro atoms. The first kappa shape index (κ1) is 11.6. The molecule has 1 aromatic rings. The minimum absolute atomic E-state index is 0.0818. The van der Waals surface area contributed by atoms with Gasteiger partial charge in [-0.25, -0.2) is 4.39 Å². The Balaban J connectivity index is 1.92. The zero-order chi connectivity index (χ0) is 11.5. The van der Waals surface area contributed by atoms with Crippen LogP contribution >= 0.6 is 0 Å². The molecule has 88 valence electrons. The van der Waals surface area contributed by atoms with Gasteiger partial charge in [0.25, 0.3) is 0 Å². The Labute approximate surface area is 95.5 Å². The minimum atomic E-state index is -0.594. The first-order valence-corrected chi connectivity index (χ1v) is 5.90. The van der Waals surface area contributed by atoms with Crippen molar-refractivity contribution >= 4 is 0 Å². The molecule has 0 saturated carbocycles. The fourth-order valence-corrected chi connectivity index (χ4v) is 2.28. The second-order valence-corrected chi connectivity index (χ2v) is 4.49. The summed E-state index contributed by atoms with van der Waals surface area (Å²) in [7, 11) is 0. The van der Waals surface area contributed by atoms with Crippen LogP contribution in [0, 0.1) is 5.82 Å². The van der Waals surface area contributed by atoms with Gasteiger partial charge in [0, 0.05) is 12.1 Å². The van der Waals surface area contributed by atoms with Crippen molar-refractivity contribution in [2.45, 2.75) is 44.4 Å². The second kappa shape index (κ2) is 4.93. The third-order valence-electron chi connectivity index (χ3n) is 3.20. The van der Waals surface area contributed by atoms with E-state index in [1.54, 1.807) is 12.1 Å². The fourth-order valence-electron chi connectivity index (χ4n) is 2.28. The number of rotatable bonds is 4. The van der Waals surface area contributed by atoms with Crippen molar-refractivity contribution in [2.75, 3.05) is 0 Å². The van der Waals surface area contributed by atoms with E-state index in [1.807, 2.05) is 0 Å². The smallest absolute Gasteiger partial charge is 0.123 e. The number of aliphatic hydroxyl groups is 1. The van der Waals surface area contributed by atoms with Crippen molar-refractivity contribution in [1.82, 2.24) is 5.32 Å². The van der Waals surface area contributed by atoms with Gasteiger partial charge >= 0.3 is 0 Å². The molecule has 1 saturated heterocycles. The molecule has 0 aromatic heterocycles. The van der Waals surface area contributed by atoms with Crippen LogP contribution in [0.15, 0.2) is 24.3 Å². The van der Waals surface area contributed by atoms with E-state index < -0.39 is 6.10 Å². The lowest BCUT2D eigenvalue weighted by Gasteiger charge is -2.40. The van der Waals surface area contributed by atoms with E-state index in [0.29, 0.717) is 11.6 Å². The topological polar surface area (TPSA) is 32.3 Å². The van der Waals surface area contributed by atoms with E-state index in [4.69, 9.17) is 0 Å². The zero-order valence-corrected chi connectivity index (χ0v) is 9.49. The number of aliphatic hydroxyl groups excluding tert-OH is 1. The molecule has 1 aliphatic rings. The first-order chi connectivity index (χ1) is 7.70. The summed E-state index contributed by atoms with van der Waals surface area (Å²) in [6, 6.07) is 6.80. The predicted molar refractivity (Wildman–Crippen MR) is 61.6 cm³/mol. The van der Waals surface area contributed by atoms with Crippen LogP contribution in [0.4, 0.5) is 4.39 Å². The third kappa shape index (κ3) is 2.42. The molecule has 16 heavy (non-hydrogen) atoms. The summed E-state index contributed by atoms with van der Waals surface area (Å²) in [5.74, 6) is -0.291. The van der Waals surface area contributed by atoms with Gasteiger partial charge in [-0.15, -0.1) is 0 Å². The van der Waals surface area contributed by atoms with E-state index in [1.165, 1.54) is 12.1 Å². The van der Waals surface area contributed by atoms with Crippen molar-refractivity contribution in [1.29, 1.82) is 0 Å². The van der Waals surface area contributed by atoms with Crippen molar-refractivity contribution in [3.63, 3.8) is 0 Å². The number of hydrogen-bond acceptors (Lipinski definition) is 2. The summed E-state index contributed by atoms with van der Waals surface area (Å²) in [4.78, 5) is 0. The van der Waals surface area contributed by atoms with Gasteiger partial charge in [0.15, 0.2) is 0 Å². The maximum Gasteiger partial charge on any atom is 0.123 e. The van der Waals surface area contributed by atoms with Crippen LogP contribution in [0.2, 0.25) is 0 Å². The average molecular weight is 223 g/mol. The predicted octanol–water partition coefficient (Wildman–Crippen LogP) is 2.39. The molecule has 3 atom stereocenters. The third-order valence-corrected chi connectivity index (χ3v) is 3.20. The van der Waals surface area contributed by atoms with Gasteiger partial charge in [-0.05, 0) is 30.5 Å². The largest absolute Gasteiger partial charge is 0.387 e.